The molecule has 2 amide bonds. The lowest BCUT2D eigenvalue weighted by Gasteiger charge is -2.09. The van der Waals surface area contributed by atoms with Gasteiger partial charge in [-0.3, -0.25) is 9.59 Å². The largest absolute Gasteiger partial charge is 0.493 e. The number of hydrogen-bond donors (Lipinski definition) is 2. The molecule has 0 aliphatic heterocycles. The van der Waals surface area contributed by atoms with Gasteiger partial charge in [-0.2, -0.15) is 5.10 Å². The van der Waals surface area contributed by atoms with Crippen LogP contribution in [-0.4, -0.2) is 31.1 Å². The quantitative estimate of drug-likeness (QED) is 0.199. The molecule has 0 saturated heterocycles. The number of methoxy groups -OCH3 is 1. The Balaban J connectivity index is 1.55. The Bertz CT molecular complexity index is 1040. The summed E-state index contributed by atoms with van der Waals surface area (Å²) in [5, 5.41) is 6.12. The molecule has 2 heterocycles. The number of esters is 1. The van der Waals surface area contributed by atoms with Crippen LogP contribution in [-0.2, 0) is 16.1 Å². The Hall–Kier alpha value is -4.34. The van der Waals surface area contributed by atoms with Gasteiger partial charge in [0.2, 0.25) is 5.76 Å². The van der Waals surface area contributed by atoms with E-state index < -0.39 is 17.8 Å². The van der Waals surface area contributed by atoms with E-state index in [1.165, 1.54) is 44.0 Å². The van der Waals surface area contributed by atoms with Crippen molar-refractivity contribution in [3.05, 3.63) is 72.1 Å². The second kappa shape index (κ2) is 9.73. The number of furan rings is 2. The first-order chi connectivity index (χ1) is 14.6. The fourth-order valence-electron chi connectivity index (χ4n) is 2.27. The maximum Gasteiger partial charge on any atom is 0.379 e. The maximum absolute atomic E-state index is 12.0. The molecule has 154 valence electrons. The number of rotatable bonds is 7. The molecule has 0 spiro atoms. The Kier molecular flexibility index (Phi) is 6.62. The molecule has 0 radical (unpaired) electrons. The van der Waals surface area contributed by atoms with Crippen LogP contribution in [0.2, 0.25) is 0 Å². The van der Waals surface area contributed by atoms with E-state index in [4.69, 9.17) is 18.3 Å². The summed E-state index contributed by atoms with van der Waals surface area (Å²) < 4.78 is 20.5. The Morgan fingerprint density at radius 3 is 2.53 bits per heavy atom. The molecule has 10 nitrogen and oxygen atoms in total. The number of nitrogens with one attached hydrogen (secondary N) is 2. The lowest BCUT2D eigenvalue weighted by Crippen LogP contribution is -2.37. The number of carbonyl (C=O) groups excluding carboxylic acids is 3. The number of amides is 2. The number of nitrogens with zero attached hydrogens (tertiary/aromatic N) is 1. The van der Waals surface area contributed by atoms with Gasteiger partial charge in [-0.25, -0.2) is 10.2 Å². The molecule has 2 aromatic heterocycles. The van der Waals surface area contributed by atoms with Gasteiger partial charge in [-0.15, -0.1) is 0 Å². The summed E-state index contributed by atoms with van der Waals surface area (Å²) in [5.74, 6) is -1.46. The zero-order chi connectivity index (χ0) is 21.3. The fraction of sp³-hybridized carbons (Fsp3) is 0.100. The average Bonchev–Trinajstić information content (AvgIpc) is 3.47. The van der Waals surface area contributed by atoms with Gasteiger partial charge in [0, 0.05) is 0 Å². The normalized spacial score (nSPS) is 10.6. The molecule has 30 heavy (non-hydrogen) atoms. The van der Waals surface area contributed by atoms with Crippen molar-refractivity contribution in [3.63, 3.8) is 0 Å². The highest BCUT2D eigenvalue weighted by atomic mass is 16.6. The van der Waals surface area contributed by atoms with Crippen molar-refractivity contribution >= 4 is 24.0 Å². The third-order valence-electron chi connectivity index (χ3n) is 3.70. The molecule has 0 unspecified atom stereocenters. The minimum Gasteiger partial charge on any atom is -0.493 e. The Labute approximate surface area is 170 Å². The second-order valence-corrected chi connectivity index (χ2v) is 5.74. The fourth-order valence-corrected chi connectivity index (χ4v) is 2.27. The first-order valence-electron chi connectivity index (χ1n) is 8.64. The van der Waals surface area contributed by atoms with Gasteiger partial charge in [0.15, 0.2) is 11.5 Å². The van der Waals surface area contributed by atoms with Gasteiger partial charge in [0.05, 0.1) is 32.4 Å². The maximum atomic E-state index is 12.0. The SMILES string of the molecule is COc1cc(C=NNC(=O)C(=O)NCc2ccco2)ccc1OC(=O)c1ccco1. The van der Waals surface area contributed by atoms with E-state index in [9.17, 15) is 14.4 Å². The zero-order valence-electron chi connectivity index (χ0n) is 15.8. The summed E-state index contributed by atoms with van der Waals surface area (Å²) in [6.07, 6.45) is 4.13. The van der Waals surface area contributed by atoms with Crippen LogP contribution in [0.5, 0.6) is 11.5 Å². The summed E-state index contributed by atoms with van der Waals surface area (Å²) in [4.78, 5) is 35.4. The van der Waals surface area contributed by atoms with Gasteiger partial charge < -0.3 is 23.6 Å². The van der Waals surface area contributed by atoms with Crippen molar-refractivity contribution < 1.29 is 32.7 Å². The number of hydrazone groups is 1. The summed E-state index contributed by atoms with van der Waals surface area (Å²) in [6, 6.07) is 11.0. The second-order valence-electron chi connectivity index (χ2n) is 5.74. The highest BCUT2D eigenvalue weighted by molar-refractivity contribution is 6.35. The zero-order valence-corrected chi connectivity index (χ0v) is 15.8. The molecule has 0 aliphatic carbocycles. The molecular formula is C20H17N3O7. The smallest absolute Gasteiger partial charge is 0.379 e. The summed E-state index contributed by atoms with van der Waals surface area (Å²) in [6.45, 7) is 0.0817. The summed E-state index contributed by atoms with van der Waals surface area (Å²) in [7, 11) is 1.41. The van der Waals surface area contributed by atoms with Crippen LogP contribution in [0.1, 0.15) is 21.9 Å². The van der Waals surface area contributed by atoms with E-state index in [2.05, 4.69) is 15.8 Å². The van der Waals surface area contributed by atoms with Crippen molar-refractivity contribution in [3.8, 4) is 11.5 Å². The minimum absolute atomic E-state index is 0.0516. The third-order valence-corrected chi connectivity index (χ3v) is 3.70. The van der Waals surface area contributed by atoms with Crippen molar-refractivity contribution in [2.24, 2.45) is 5.10 Å². The van der Waals surface area contributed by atoms with E-state index in [1.807, 2.05) is 0 Å². The van der Waals surface area contributed by atoms with E-state index in [-0.39, 0.29) is 23.8 Å². The average molecular weight is 411 g/mol. The summed E-state index contributed by atoms with van der Waals surface area (Å²) in [5.41, 5.74) is 2.64. The molecule has 2 N–H and O–H groups in total. The van der Waals surface area contributed by atoms with Crippen molar-refractivity contribution in [1.29, 1.82) is 0 Å². The van der Waals surface area contributed by atoms with Crippen molar-refractivity contribution in [1.82, 2.24) is 10.7 Å². The topological polar surface area (TPSA) is 132 Å². The minimum atomic E-state index is -0.936. The predicted molar refractivity (Wildman–Crippen MR) is 103 cm³/mol. The first kappa shape index (κ1) is 20.4. The van der Waals surface area contributed by atoms with Crippen LogP contribution in [0.3, 0.4) is 0 Å². The molecular weight excluding hydrogens is 394 g/mol. The Morgan fingerprint density at radius 1 is 1.03 bits per heavy atom. The predicted octanol–water partition coefficient (Wildman–Crippen LogP) is 1.87. The van der Waals surface area contributed by atoms with Gasteiger partial charge in [-0.1, -0.05) is 0 Å². The van der Waals surface area contributed by atoms with Gasteiger partial charge in [-0.05, 0) is 48.0 Å². The van der Waals surface area contributed by atoms with Crippen molar-refractivity contribution in [2.75, 3.05) is 7.11 Å². The number of hydrogen-bond acceptors (Lipinski definition) is 8. The van der Waals surface area contributed by atoms with Crippen molar-refractivity contribution in [2.45, 2.75) is 6.54 Å². The standard InChI is InChI=1S/C20H17N3O7/c1-27-17-10-13(6-7-15(17)30-20(26)16-5-3-9-29-16)11-22-23-19(25)18(24)21-12-14-4-2-8-28-14/h2-11H,12H2,1H3,(H,21,24)(H,23,25). The molecule has 0 bridgehead atoms. The third kappa shape index (κ3) is 5.35. The van der Waals surface area contributed by atoms with Gasteiger partial charge >= 0.3 is 17.8 Å². The van der Waals surface area contributed by atoms with Gasteiger partial charge in [0.25, 0.3) is 0 Å². The molecule has 0 fully saturated rings. The van der Waals surface area contributed by atoms with Gasteiger partial charge in [0.1, 0.15) is 5.76 Å². The molecule has 0 saturated carbocycles. The Morgan fingerprint density at radius 2 is 1.83 bits per heavy atom. The summed E-state index contributed by atoms with van der Waals surface area (Å²) >= 11 is 0. The molecule has 3 rings (SSSR count). The van der Waals surface area contributed by atoms with E-state index in [0.29, 0.717) is 11.3 Å². The highest BCUT2D eigenvalue weighted by Gasteiger charge is 2.15. The van der Waals surface area contributed by atoms with Crippen LogP contribution < -0.4 is 20.2 Å². The number of carbonyl (C=O) groups is 3. The highest BCUT2D eigenvalue weighted by Crippen LogP contribution is 2.28. The molecule has 3 aromatic rings. The monoisotopic (exact) mass is 411 g/mol. The first-order valence-corrected chi connectivity index (χ1v) is 8.64. The van der Waals surface area contributed by atoms with Crippen LogP contribution in [0.25, 0.3) is 0 Å². The molecule has 0 aliphatic rings. The van der Waals surface area contributed by atoms with Crippen LogP contribution in [0.4, 0.5) is 0 Å². The van der Waals surface area contributed by atoms with Crippen LogP contribution in [0.15, 0.2) is 68.9 Å². The van der Waals surface area contributed by atoms with Crippen LogP contribution in [0, 0.1) is 0 Å². The van der Waals surface area contributed by atoms with Crippen LogP contribution >= 0.6 is 0 Å². The van der Waals surface area contributed by atoms with E-state index in [1.54, 1.807) is 24.3 Å². The van der Waals surface area contributed by atoms with E-state index >= 15 is 0 Å². The molecule has 1 aromatic carbocycles. The van der Waals surface area contributed by atoms with E-state index in [0.717, 1.165) is 0 Å². The number of benzene rings is 1. The molecule has 0 atom stereocenters. The number of ether oxygens (including phenoxy) is 2. The lowest BCUT2D eigenvalue weighted by atomic mass is 10.2. The molecule has 10 heteroatoms. The lowest BCUT2D eigenvalue weighted by molar-refractivity contribution is -0.139.